The van der Waals surface area contributed by atoms with Crippen molar-refractivity contribution in [3.05, 3.63) is 29.8 Å². The van der Waals surface area contributed by atoms with E-state index in [1.54, 1.807) is 11.8 Å². The van der Waals surface area contributed by atoms with Gasteiger partial charge in [-0.2, -0.15) is 11.8 Å². The normalized spacial score (nSPS) is 32.8. The van der Waals surface area contributed by atoms with Crippen molar-refractivity contribution in [2.45, 2.75) is 44.3 Å². The molecule has 3 aliphatic rings. The fraction of sp³-hybridized carbons (Fsp3) is 0.550. The first-order chi connectivity index (χ1) is 13.0. The Labute approximate surface area is 163 Å². The van der Waals surface area contributed by atoms with Gasteiger partial charge < -0.3 is 10.6 Å². The highest BCUT2D eigenvalue weighted by molar-refractivity contribution is 7.98. The van der Waals surface area contributed by atoms with Gasteiger partial charge in [0.2, 0.25) is 17.4 Å². The van der Waals surface area contributed by atoms with Gasteiger partial charge in [0.1, 0.15) is 17.9 Å². The van der Waals surface area contributed by atoms with Gasteiger partial charge in [0.05, 0.1) is 5.69 Å². The first kappa shape index (κ1) is 18.5. The van der Waals surface area contributed by atoms with E-state index in [1.807, 2.05) is 49.7 Å². The predicted octanol–water partition coefficient (Wildman–Crippen LogP) is 0.932. The minimum Gasteiger partial charge on any atom is -0.326 e. The van der Waals surface area contributed by atoms with E-state index in [-0.39, 0.29) is 29.8 Å². The highest BCUT2D eigenvalue weighted by atomic mass is 32.2. The summed E-state index contributed by atoms with van der Waals surface area (Å²) in [5.41, 5.74) is 0.563. The van der Waals surface area contributed by atoms with Gasteiger partial charge in [0.25, 0.3) is 5.91 Å². The van der Waals surface area contributed by atoms with Gasteiger partial charge in [0.15, 0.2) is 0 Å². The number of imide groups is 1. The van der Waals surface area contributed by atoms with Crippen molar-refractivity contribution in [2.75, 3.05) is 17.3 Å². The number of nitrogens with two attached hydrogens (primary N) is 1. The van der Waals surface area contributed by atoms with Crippen LogP contribution in [0, 0.1) is 11.8 Å². The van der Waals surface area contributed by atoms with Gasteiger partial charge in [0, 0.05) is 18.0 Å². The second kappa shape index (κ2) is 6.63. The standard InChI is InChI=1S/C20H25N3O3S/c1-4-11(2)23-17(24)15-14(9-10-27-3)22-20(16(15)18(23)25)12-7-5-6-8-13(12)21-19(20)26/h5-8,11,14-16,22H,4,9-10H2,1-3H3,(H,21,26)/p+1/t11-,14-,15+,16-,20+/m0/s1. The van der Waals surface area contributed by atoms with Gasteiger partial charge in [-0.3, -0.25) is 19.3 Å². The Kier molecular flexibility index (Phi) is 4.55. The number of benzene rings is 1. The molecular formula is C20H26N3O3S+. The van der Waals surface area contributed by atoms with E-state index in [9.17, 15) is 14.4 Å². The number of likely N-dealkylation sites (tertiary alicyclic amines) is 1. The summed E-state index contributed by atoms with van der Waals surface area (Å²) in [7, 11) is 0. The lowest BCUT2D eigenvalue weighted by Gasteiger charge is -2.28. The molecule has 0 unspecified atom stereocenters. The lowest BCUT2D eigenvalue weighted by atomic mass is 9.76. The first-order valence-corrected chi connectivity index (χ1v) is 11.0. The van der Waals surface area contributed by atoms with Crippen molar-refractivity contribution in [1.29, 1.82) is 0 Å². The van der Waals surface area contributed by atoms with E-state index in [0.29, 0.717) is 6.42 Å². The maximum absolute atomic E-state index is 13.4. The number of hydrogen-bond donors (Lipinski definition) is 2. The summed E-state index contributed by atoms with van der Waals surface area (Å²) in [6.07, 6.45) is 3.55. The van der Waals surface area contributed by atoms with Crippen molar-refractivity contribution >= 4 is 35.2 Å². The summed E-state index contributed by atoms with van der Waals surface area (Å²) in [6, 6.07) is 7.35. The van der Waals surface area contributed by atoms with Crippen molar-refractivity contribution in [1.82, 2.24) is 4.90 Å². The second-order valence-corrected chi connectivity index (χ2v) is 8.77. The molecule has 1 aromatic rings. The van der Waals surface area contributed by atoms with E-state index in [1.165, 1.54) is 4.90 Å². The van der Waals surface area contributed by atoms with Crippen LogP contribution in [0.1, 0.15) is 32.3 Å². The third-order valence-corrected chi connectivity index (χ3v) is 7.14. The summed E-state index contributed by atoms with van der Waals surface area (Å²) in [5.74, 6) is -0.624. The number of rotatable bonds is 5. The van der Waals surface area contributed by atoms with Gasteiger partial charge in [-0.1, -0.05) is 25.1 Å². The number of thioether (sulfide) groups is 1. The Balaban J connectivity index is 1.84. The van der Waals surface area contributed by atoms with Crippen LogP contribution in [0.15, 0.2) is 24.3 Å². The molecule has 0 bridgehead atoms. The van der Waals surface area contributed by atoms with E-state index in [2.05, 4.69) is 5.32 Å². The molecule has 3 heterocycles. The Morgan fingerprint density at radius 2 is 2.00 bits per heavy atom. The van der Waals surface area contributed by atoms with E-state index in [4.69, 9.17) is 0 Å². The van der Waals surface area contributed by atoms with Gasteiger partial charge in [-0.15, -0.1) is 0 Å². The van der Waals surface area contributed by atoms with Crippen LogP contribution in [-0.2, 0) is 19.9 Å². The Morgan fingerprint density at radius 3 is 2.70 bits per heavy atom. The largest absolute Gasteiger partial charge is 0.326 e. The predicted molar refractivity (Wildman–Crippen MR) is 104 cm³/mol. The number of carbonyl (C=O) groups is 3. The zero-order valence-corrected chi connectivity index (χ0v) is 16.7. The van der Waals surface area contributed by atoms with Crippen molar-refractivity contribution in [3.63, 3.8) is 0 Å². The van der Waals surface area contributed by atoms with Gasteiger partial charge >= 0.3 is 0 Å². The second-order valence-electron chi connectivity index (χ2n) is 7.79. The minimum absolute atomic E-state index is 0.0649. The molecule has 1 spiro atoms. The van der Waals surface area contributed by atoms with E-state index in [0.717, 1.165) is 23.4 Å². The maximum atomic E-state index is 13.4. The van der Waals surface area contributed by atoms with Crippen LogP contribution in [0.3, 0.4) is 0 Å². The molecule has 3 N–H and O–H groups in total. The molecule has 1 aromatic carbocycles. The third-order valence-electron chi connectivity index (χ3n) is 6.50. The average Bonchev–Trinajstić information content (AvgIpc) is 3.24. The number of para-hydroxylation sites is 1. The van der Waals surface area contributed by atoms with Gasteiger partial charge in [-0.05, 0) is 31.4 Å². The topological polar surface area (TPSA) is 83.1 Å². The van der Waals surface area contributed by atoms with Crippen LogP contribution in [0.4, 0.5) is 5.69 Å². The molecule has 0 saturated carbocycles. The molecule has 2 saturated heterocycles. The number of nitrogens with zero attached hydrogens (tertiary/aromatic N) is 1. The quantitative estimate of drug-likeness (QED) is 0.735. The highest BCUT2D eigenvalue weighted by Gasteiger charge is 2.74. The molecular weight excluding hydrogens is 362 g/mol. The van der Waals surface area contributed by atoms with Crippen LogP contribution in [0.25, 0.3) is 0 Å². The molecule has 3 aliphatic heterocycles. The van der Waals surface area contributed by atoms with E-state index >= 15 is 0 Å². The minimum atomic E-state index is -1.03. The number of fused-ring (bicyclic) bond motifs is 4. The SMILES string of the molecule is CC[C@H](C)N1C(=O)[C@@H]2[C@H](CCSC)[NH2+][C@@]3(C(=O)Nc4ccccc43)[C@@H]2C1=O. The molecule has 0 aliphatic carbocycles. The monoisotopic (exact) mass is 388 g/mol. The maximum Gasteiger partial charge on any atom is 0.291 e. The molecule has 4 rings (SSSR count). The van der Waals surface area contributed by atoms with Crippen LogP contribution < -0.4 is 10.6 Å². The van der Waals surface area contributed by atoms with Crippen molar-refractivity contribution < 1.29 is 19.7 Å². The Morgan fingerprint density at radius 1 is 1.26 bits per heavy atom. The smallest absolute Gasteiger partial charge is 0.291 e. The van der Waals surface area contributed by atoms with Crippen LogP contribution in [0.5, 0.6) is 0 Å². The van der Waals surface area contributed by atoms with Crippen LogP contribution in [0.2, 0.25) is 0 Å². The fourth-order valence-electron chi connectivity index (χ4n) is 5.08. The fourth-order valence-corrected chi connectivity index (χ4v) is 5.59. The molecule has 7 heteroatoms. The summed E-state index contributed by atoms with van der Waals surface area (Å²) in [5, 5.41) is 4.97. The average molecular weight is 389 g/mol. The zero-order valence-electron chi connectivity index (χ0n) is 15.9. The number of carbonyl (C=O) groups excluding carboxylic acids is 3. The Hall–Kier alpha value is -1.86. The highest BCUT2D eigenvalue weighted by Crippen LogP contribution is 2.49. The molecule has 6 nitrogen and oxygen atoms in total. The Bertz CT molecular complexity index is 813. The summed E-state index contributed by atoms with van der Waals surface area (Å²) in [6.45, 7) is 3.89. The molecule has 144 valence electrons. The number of quaternary nitrogens is 1. The zero-order chi connectivity index (χ0) is 19.3. The molecule has 2 fully saturated rings. The number of hydrogen-bond acceptors (Lipinski definition) is 4. The first-order valence-electron chi connectivity index (χ1n) is 9.60. The summed E-state index contributed by atoms with van der Waals surface area (Å²) >= 11 is 1.72. The third kappa shape index (κ3) is 2.41. The molecule has 3 amide bonds. The number of amides is 3. The summed E-state index contributed by atoms with van der Waals surface area (Å²) < 4.78 is 0. The van der Waals surface area contributed by atoms with Crippen molar-refractivity contribution in [3.8, 4) is 0 Å². The van der Waals surface area contributed by atoms with E-state index < -0.39 is 17.4 Å². The molecule has 0 radical (unpaired) electrons. The summed E-state index contributed by atoms with van der Waals surface area (Å²) in [4.78, 5) is 41.3. The van der Waals surface area contributed by atoms with Crippen molar-refractivity contribution in [2.24, 2.45) is 11.8 Å². The molecule has 5 atom stereocenters. The number of anilines is 1. The molecule has 27 heavy (non-hydrogen) atoms. The molecule has 0 aromatic heterocycles. The van der Waals surface area contributed by atoms with Crippen LogP contribution in [-0.4, -0.2) is 46.7 Å². The lowest BCUT2D eigenvalue weighted by molar-refractivity contribution is -0.733. The van der Waals surface area contributed by atoms with Gasteiger partial charge in [-0.25, -0.2) is 0 Å². The lowest BCUT2D eigenvalue weighted by Crippen LogP contribution is -2.99. The van der Waals surface area contributed by atoms with Crippen LogP contribution >= 0.6 is 11.8 Å². The number of nitrogens with one attached hydrogen (secondary N) is 1.